The van der Waals surface area contributed by atoms with Gasteiger partial charge in [0.2, 0.25) is 0 Å². The molecule has 1 rings (SSSR count). The Morgan fingerprint density at radius 1 is 1.47 bits per heavy atom. The van der Waals surface area contributed by atoms with Crippen molar-refractivity contribution in [2.75, 3.05) is 11.9 Å². The lowest BCUT2D eigenvalue weighted by Gasteiger charge is -2.12. The summed E-state index contributed by atoms with van der Waals surface area (Å²) in [5.41, 5.74) is 0.661. The zero-order valence-corrected chi connectivity index (χ0v) is 13.2. The van der Waals surface area contributed by atoms with Crippen LogP contribution in [-0.2, 0) is 4.79 Å². The molecule has 0 fully saturated rings. The molecule has 0 saturated heterocycles. The quantitative estimate of drug-likeness (QED) is 0.669. The molecule has 0 aliphatic heterocycles. The van der Waals surface area contributed by atoms with Crippen LogP contribution >= 0.6 is 34.2 Å². The highest BCUT2D eigenvalue weighted by atomic mass is 127. The largest absolute Gasteiger partial charge is 0.481 e. The van der Waals surface area contributed by atoms with Gasteiger partial charge in [0, 0.05) is 21.6 Å². The van der Waals surface area contributed by atoms with Gasteiger partial charge in [-0.2, -0.15) is 0 Å². The Bertz CT molecular complexity index is 482. The Morgan fingerprint density at radius 2 is 2.16 bits per heavy atom. The van der Waals surface area contributed by atoms with Crippen LogP contribution in [0.3, 0.4) is 0 Å². The normalized spacial score (nSPS) is 11.7. The molecular formula is C12H14ClIN2O3. The third-order valence-electron chi connectivity index (χ3n) is 2.31. The average molecular weight is 397 g/mol. The van der Waals surface area contributed by atoms with Gasteiger partial charge in [0.15, 0.2) is 0 Å². The van der Waals surface area contributed by atoms with E-state index in [1.54, 1.807) is 25.1 Å². The SMILES string of the molecule is CC(CNC(=O)Nc1ccc(Cl)cc1I)CC(=O)O. The first-order valence-electron chi connectivity index (χ1n) is 5.60. The third-order valence-corrected chi connectivity index (χ3v) is 3.44. The van der Waals surface area contributed by atoms with Crippen LogP contribution in [-0.4, -0.2) is 23.7 Å². The molecule has 0 radical (unpaired) electrons. The summed E-state index contributed by atoms with van der Waals surface area (Å²) in [7, 11) is 0. The van der Waals surface area contributed by atoms with Gasteiger partial charge in [0.25, 0.3) is 0 Å². The summed E-state index contributed by atoms with van der Waals surface area (Å²) in [6, 6.07) is 4.78. The first kappa shape index (κ1) is 16.0. The summed E-state index contributed by atoms with van der Waals surface area (Å²) < 4.78 is 0.832. The van der Waals surface area contributed by atoms with Crippen molar-refractivity contribution in [3.63, 3.8) is 0 Å². The molecule has 19 heavy (non-hydrogen) atoms. The summed E-state index contributed by atoms with van der Waals surface area (Å²) >= 11 is 7.89. The molecule has 1 aromatic carbocycles. The number of rotatable bonds is 5. The highest BCUT2D eigenvalue weighted by molar-refractivity contribution is 14.1. The lowest BCUT2D eigenvalue weighted by molar-refractivity contribution is -0.137. The molecule has 1 aromatic rings. The second-order valence-electron chi connectivity index (χ2n) is 4.16. The standard InChI is InChI=1S/C12H14ClIN2O3/c1-7(4-11(17)18)6-15-12(19)16-10-3-2-8(13)5-9(10)14/h2-3,5,7H,4,6H2,1H3,(H,17,18)(H2,15,16,19). The summed E-state index contributed by atoms with van der Waals surface area (Å²) in [6.45, 7) is 2.07. The first-order valence-corrected chi connectivity index (χ1v) is 7.06. The summed E-state index contributed by atoms with van der Waals surface area (Å²) in [5, 5.41) is 14.5. The van der Waals surface area contributed by atoms with Crippen molar-refractivity contribution in [3.05, 3.63) is 26.8 Å². The number of carbonyl (C=O) groups is 2. The number of anilines is 1. The van der Waals surface area contributed by atoms with Crippen LogP contribution in [0.4, 0.5) is 10.5 Å². The number of benzene rings is 1. The second-order valence-corrected chi connectivity index (χ2v) is 5.76. The number of carbonyl (C=O) groups excluding carboxylic acids is 1. The van der Waals surface area contributed by atoms with E-state index in [0.29, 0.717) is 17.3 Å². The van der Waals surface area contributed by atoms with E-state index in [9.17, 15) is 9.59 Å². The summed E-state index contributed by atoms with van der Waals surface area (Å²) in [6.07, 6.45) is 0.0265. The number of hydrogen-bond donors (Lipinski definition) is 3. The maximum atomic E-state index is 11.6. The number of carboxylic acids is 1. The molecule has 0 saturated carbocycles. The fraction of sp³-hybridized carbons (Fsp3) is 0.333. The van der Waals surface area contributed by atoms with Crippen LogP contribution in [0.5, 0.6) is 0 Å². The predicted octanol–water partition coefficient (Wildman–Crippen LogP) is 3.18. The smallest absolute Gasteiger partial charge is 0.319 e. The molecule has 5 nitrogen and oxygen atoms in total. The molecule has 2 amide bonds. The van der Waals surface area contributed by atoms with Crippen LogP contribution in [0, 0.1) is 9.49 Å². The summed E-state index contributed by atoms with van der Waals surface area (Å²) in [5.74, 6) is -0.991. The van der Waals surface area contributed by atoms with Gasteiger partial charge in [-0.25, -0.2) is 4.79 Å². The van der Waals surface area contributed by atoms with E-state index in [1.165, 1.54) is 0 Å². The Morgan fingerprint density at radius 3 is 2.74 bits per heavy atom. The van der Waals surface area contributed by atoms with Crippen LogP contribution in [0.2, 0.25) is 5.02 Å². The van der Waals surface area contributed by atoms with E-state index >= 15 is 0 Å². The van der Waals surface area contributed by atoms with E-state index < -0.39 is 5.97 Å². The number of urea groups is 1. The average Bonchev–Trinajstić information content (AvgIpc) is 2.29. The molecule has 3 N–H and O–H groups in total. The van der Waals surface area contributed by atoms with Crippen molar-refractivity contribution < 1.29 is 14.7 Å². The Hall–Kier alpha value is -1.02. The molecule has 1 atom stereocenters. The minimum absolute atomic E-state index is 0.0265. The highest BCUT2D eigenvalue weighted by Gasteiger charge is 2.10. The van der Waals surface area contributed by atoms with E-state index in [0.717, 1.165) is 3.57 Å². The van der Waals surface area contributed by atoms with Crippen LogP contribution in [0.1, 0.15) is 13.3 Å². The molecule has 0 aliphatic rings. The van der Waals surface area contributed by atoms with Gasteiger partial charge in [-0.3, -0.25) is 4.79 Å². The molecule has 104 valence electrons. The maximum Gasteiger partial charge on any atom is 0.319 e. The Kier molecular flexibility index (Phi) is 6.36. The topological polar surface area (TPSA) is 78.4 Å². The van der Waals surface area contributed by atoms with E-state index in [1.807, 2.05) is 0 Å². The molecule has 0 heterocycles. The molecule has 1 unspecified atom stereocenters. The monoisotopic (exact) mass is 396 g/mol. The maximum absolute atomic E-state index is 11.6. The van der Waals surface area contributed by atoms with Crippen LogP contribution in [0.15, 0.2) is 18.2 Å². The number of aliphatic carboxylic acids is 1. The third kappa shape index (κ3) is 6.11. The highest BCUT2D eigenvalue weighted by Crippen LogP contribution is 2.22. The number of halogens is 2. The minimum atomic E-state index is -0.873. The van der Waals surface area contributed by atoms with Gasteiger partial charge in [-0.05, 0) is 46.7 Å². The molecule has 0 aromatic heterocycles. The molecule has 7 heteroatoms. The van der Waals surface area contributed by atoms with Gasteiger partial charge < -0.3 is 15.7 Å². The Balaban J connectivity index is 2.45. The van der Waals surface area contributed by atoms with Crippen molar-refractivity contribution in [2.24, 2.45) is 5.92 Å². The van der Waals surface area contributed by atoms with Crippen molar-refractivity contribution in [2.45, 2.75) is 13.3 Å². The second kappa shape index (κ2) is 7.54. The fourth-order valence-corrected chi connectivity index (χ4v) is 2.40. The van der Waals surface area contributed by atoms with Crippen LogP contribution in [0.25, 0.3) is 0 Å². The Labute approximate surface area is 129 Å². The van der Waals surface area contributed by atoms with Crippen molar-refractivity contribution >= 4 is 51.9 Å². The van der Waals surface area contributed by atoms with Gasteiger partial charge in [0.05, 0.1) is 5.69 Å². The van der Waals surface area contributed by atoms with Crippen molar-refractivity contribution in [1.29, 1.82) is 0 Å². The number of hydrogen-bond acceptors (Lipinski definition) is 2. The van der Waals surface area contributed by atoms with E-state index in [-0.39, 0.29) is 18.4 Å². The molecular weight excluding hydrogens is 383 g/mol. The van der Waals surface area contributed by atoms with E-state index in [2.05, 4.69) is 33.2 Å². The summed E-state index contributed by atoms with van der Waals surface area (Å²) in [4.78, 5) is 22.1. The minimum Gasteiger partial charge on any atom is -0.481 e. The van der Waals surface area contributed by atoms with Gasteiger partial charge in [0.1, 0.15) is 0 Å². The van der Waals surface area contributed by atoms with Gasteiger partial charge in [-0.1, -0.05) is 18.5 Å². The zero-order chi connectivity index (χ0) is 14.4. The van der Waals surface area contributed by atoms with Crippen LogP contribution < -0.4 is 10.6 Å². The molecule has 0 spiro atoms. The van der Waals surface area contributed by atoms with Gasteiger partial charge in [-0.15, -0.1) is 0 Å². The van der Waals surface area contributed by atoms with Crippen molar-refractivity contribution in [3.8, 4) is 0 Å². The molecule has 0 bridgehead atoms. The number of carboxylic acid groups (broad SMARTS) is 1. The first-order chi connectivity index (χ1) is 8.88. The lowest BCUT2D eigenvalue weighted by Crippen LogP contribution is -2.33. The van der Waals surface area contributed by atoms with E-state index in [4.69, 9.17) is 16.7 Å². The lowest BCUT2D eigenvalue weighted by atomic mass is 10.1. The molecule has 0 aliphatic carbocycles. The number of amides is 2. The predicted molar refractivity (Wildman–Crippen MR) is 82.6 cm³/mol. The van der Waals surface area contributed by atoms with Gasteiger partial charge >= 0.3 is 12.0 Å². The fourth-order valence-electron chi connectivity index (χ4n) is 1.39. The number of nitrogens with one attached hydrogen (secondary N) is 2. The van der Waals surface area contributed by atoms with Crippen molar-refractivity contribution in [1.82, 2.24) is 5.32 Å². The zero-order valence-electron chi connectivity index (χ0n) is 10.2.